The van der Waals surface area contributed by atoms with Crippen LogP contribution in [-0.4, -0.2) is 13.1 Å². The van der Waals surface area contributed by atoms with Gasteiger partial charge >= 0.3 is 0 Å². The summed E-state index contributed by atoms with van der Waals surface area (Å²) in [4.78, 5) is 0. The van der Waals surface area contributed by atoms with E-state index in [4.69, 9.17) is 0 Å². The summed E-state index contributed by atoms with van der Waals surface area (Å²) in [5.41, 5.74) is 2.95. The van der Waals surface area contributed by atoms with Crippen molar-refractivity contribution in [3.05, 3.63) is 71.8 Å². The number of halogens is 1. The molecule has 1 heterocycles. The fraction of sp³-hybridized carbons (Fsp3) is 0.333. The molecule has 20 heavy (non-hydrogen) atoms. The van der Waals surface area contributed by atoms with Gasteiger partial charge in [0, 0.05) is 12.5 Å². The molecule has 1 aliphatic heterocycles. The first-order chi connectivity index (χ1) is 9.45. The number of hydrogen-bond donors (Lipinski definition) is 1. The summed E-state index contributed by atoms with van der Waals surface area (Å²) in [6.45, 7) is 2.23. The molecule has 1 nitrogen and oxygen atoms in total. The second-order valence-electron chi connectivity index (χ2n) is 5.38. The Labute approximate surface area is 127 Å². The second-order valence-corrected chi connectivity index (χ2v) is 5.38. The molecule has 2 aromatic rings. The van der Waals surface area contributed by atoms with E-state index >= 15 is 0 Å². The molecule has 0 radical (unpaired) electrons. The fourth-order valence-electron chi connectivity index (χ4n) is 3.20. The number of hydrogen-bond acceptors (Lipinski definition) is 1. The minimum Gasteiger partial charge on any atom is -0.316 e. The Kier molecular flexibility index (Phi) is 5.63. The van der Waals surface area contributed by atoms with Gasteiger partial charge in [0.2, 0.25) is 0 Å². The lowest BCUT2D eigenvalue weighted by Crippen LogP contribution is -2.22. The first-order valence-corrected chi connectivity index (χ1v) is 7.26. The van der Waals surface area contributed by atoms with E-state index in [1.165, 1.54) is 24.0 Å². The third-order valence-electron chi connectivity index (χ3n) is 4.17. The average molecular weight is 288 g/mol. The molecule has 0 aliphatic carbocycles. The number of benzene rings is 2. The average Bonchev–Trinajstić information content (AvgIpc) is 2.75. The van der Waals surface area contributed by atoms with Crippen molar-refractivity contribution in [3.63, 3.8) is 0 Å². The number of nitrogens with one attached hydrogen (secondary N) is 1. The van der Waals surface area contributed by atoms with Crippen molar-refractivity contribution >= 4 is 12.4 Å². The largest absolute Gasteiger partial charge is 0.316 e. The minimum atomic E-state index is 0. The highest BCUT2D eigenvalue weighted by Gasteiger charge is 2.25. The van der Waals surface area contributed by atoms with Crippen molar-refractivity contribution < 1.29 is 0 Å². The molecule has 2 aromatic carbocycles. The van der Waals surface area contributed by atoms with Crippen LogP contribution in [0, 0.1) is 0 Å². The van der Waals surface area contributed by atoms with Gasteiger partial charge in [-0.25, -0.2) is 0 Å². The second kappa shape index (κ2) is 7.47. The lowest BCUT2D eigenvalue weighted by atomic mass is 9.79. The van der Waals surface area contributed by atoms with Crippen molar-refractivity contribution in [1.29, 1.82) is 0 Å². The lowest BCUT2D eigenvalue weighted by molar-refractivity contribution is 0.527. The highest BCUT2D eigenvalue weighted by atomic mass is 35.5. The minimum absolute atomic E-state index is 0. The molecule has 0 spiro atoms. The Morgan fingerprint density at radius 2 is 1.30 bits per heavy atom. The third-order valence-corrected chi connectivity index (χ3v) is 4.17. The van der Waals surface area contributed by atoms with Gasteiger partial charge in [0.1, 0.15) is 0 Å². The Hall–Kier alpha value is -1.31. The Bertz CT molecular complexity index is 450. The van der Waals surface area contributed by atoms with Gasteiger partial charge in [-0.3, -0.25) is 0 Å². The molecule has 3 rings (SSSR count). The maximum atomic E-state index is 3.60. The van der Waals surface area contributed by atoms with Gasteiger partial charge in [-0.15, -0.1) is 12.4 Å². The zero-order chi connectivity index (χ0) is 12.9. The van der Waals surface area contributed by atoms with Crippen molar-refractivity contribution in [1.82, 2.24) is 5.32 Å². The standard InChI is InChI=1S/C18H21N.ClH/c1-3-8-15(9-4-1)17-12-7-13-19-14-18(17)16-10-5-2-6-11-16;/h1-6,8-11,17-19H,7,12-14H2;1H. The van der Waals surface area contributed by atoms with E-state index in [9.17, 15) is 0 Å². The van der Waals surface area contributed by atoms with Gasteiger partial charge in [-0.1, -0.05) is 60.7 Å². The number of rotatable bonds is 2. The molecule has 2 unspecified atom stereocenters. The molecule has 1 saturated heterocycles. The summed E-state index contributed by atoms with van der Waals surface area (Å²) in [6, 6.07) is 22.0. The van der Waals surface area contributed by atoms with E-state index in [2.05, 4.69) is 66.0 Å². The van der Waals surface area contributed by atoms with Crippen molar-refractivity contribution in [2.75, 3.05) is 13.1 Å². The van der Waals surface area contributed by atoms with Gasteiger partial charge in [0.05, 0.1) is 0 Å². The van der Waals surface area contributed by atoms with E-state index in [0.29, 0.717) is 11.8 Å². The summed E-state index contributed by atoms with van der Waals surface area (Å²) >= 11 is 0. The van der Waals surface area contributed by atoms with Crippen LogP contribution in [0.25, 0.3) is 0 Å². The van der Waals surface area contributed by atoms with Gasteiger partial charge in [0.25, 0.3) is 0 Å². The van der Waals surface area contributed by atoms with Crippen LogP contribution in [0.15, 0.2) is 60.7 Å². The van der Waals surface area contributed by atoms with Gasteiger partial charge in [-0.2, -0.15) is 0 Å². The molecule has 2 atom stereocenters. The molecule has 0 bridgehead atoms. The Morgan fingerprint density at radius 1 is 0.750 bits per heavy atom. The molecule has 0 amide bonds. The van der Waals surface area contributed by atoms with Gasteiger partial charge in [-0.05, 0) is 36.4 Å². The van der Waals surface area contributed by atoms with Gasteiger partial charge in [0.15, 0.2) is 0 Å². The van der Waals surface area contributed by atoms with E-state index < -0.39 is 0 Å². The molecule has 2 heteroatoms. The van der Waals surface area contributed by atoms with Crippen molar-refractivity contribution in [2.24, 2.45) is 0 Å². The fourth-order valence-corrected chi connectivity index (χ4v) is 3.20. The molecular weight excluding hydrogens is 266 g/mol. The molecule has 1 N–H and O–H groups in total. The monoisotopic (exact) mass is 287 g/mol. The summed E-state index contributed by atoms with van der Waals surface area (Å²) in [6.07, 6.45) is 2.54. The molecule has 0 saturated carbocycles. The SMILES string of the molecule is Cl.c1ccc(C2CCCNCC2c2ccccc2)cc1. The van der Waals surface area contributed by atoms with Crippen LogP contribution in [-0.2, 0) is 0 Å². The molecule has 1 aliphatic rings. The van der Waals surface area contributed by atoms with E-state index in [1.807, 2.05) is 0 Å². The zero-order valence-corrected chi connectivity index (χ0v) is 12.5. The quantitative estimate of drug-likeness (QED) is 0.865. The van der Waals surface area contributed by atoms with E-state index in [-0.39, 0.29) is 12.4 Å². The normalized spacial score (nSPS) is 22.6. The van der Waals surface area contributed by atoms with Crippen LogP contribution < -0.4 is 5.32 Å². The lowest BCUT2D eigenvalue weighted by Gasteiger charge is -2.26. The summed E-state index contributed by atoms with van der Waals surface area (Å²) in [5, 5.41) is 3.60. The summed E-state index contributed by atoms with van der Waals surface area (Å²) < 4.78 is 0. The summed E-state index contributed by atoms with van der Waals surface area (Å²) in [5.74, 6) is 1.23. The van der Waals surface area contributed by atoms with Crippen molar-refractivity contribution in [2.45, 2.75) is 24.7 Å². The summed E-state index contributed by atoms with van der Waals surface area (Å²) in [7, 11) is 0. The van der Waals surface area contributed by atoms with E-state index in [1.54, 1.807) is 0 Å². The Morgan fingerprint density at radius 3 is 1.90 bits per heavy atom. The zero-order valence-electron chi connectivity index (χ0n) is 11.7. The molecular formula is C18H22ClN. The molecule has 1 fully saturated rings. The molecule has 0 aromatic heterocycles. The van der Waals surface area contributed by atoms with Crippen molar-refractivity contribution in [3.8, 4) is 0 Å². The van der Waals surface area contributed by atoms with Crippen LogP contribution in [0.4, 0.5) is 0 Å². The van der Waals surface area contributed by atoms with E-state index in [0.717, 1.165) is 13.1 Å². The Balaban J connectivity index is 0.00000147. The van der Waals surface area contributed by atoms with Crippen LogP contribution in [0.1, 0.15) is 35.8 Å². The van der Waals surface area contributed by atoms with Crippen LogP contribution >= 0.6 is 12.4 Å². The molecule has 106 valence electrons. The first kappa shape index (κ1) is 15.1. The highest BCUT2D eigenvalue weighted by molar-refractivity contribution is 5.85. The smallest absolute Gasteiger partial charge is 0.00322 e. The maximum absolute atomic E-state index is 3.60. The highest BCUT2D eigenvalue weighted by Crippen LogP contribution is 2.37. The maximum Gasteiger partial charge on any atom is 0.00322 e. The topological polar surface area (TPSA) is 12.0 Å². The van der Waals surface area contributed by atoms with Crippen LogP contribution in [0.2, 0.25) is 0 Å². The predicted molar refractivity (Wildman–Crippen MR) is 87.7 cm³/mol. The van der Waals surface area contributed by atoms with Crippen LogP contribution in [0.3, 0.4) is 0 Å². The van der Waals surface area contributed by atoms with Crippen LogP contribution in [0.5, 0.6) is 0 Å². The third kappa shape index (κ3) is 3.41. The van der Waals surface area contributed by atoms with Gasteiger partial charge < -0.3 is 5.32 Å². The first-order valence-electron chi connectivity index (χ1n) is 7.26. The predicted octanol–water partition coefficient (Wildman–Crippen LogP) is 4.36.